The molecular weight excluding hydrogens is 465 g/mol. The highest BCUT2D eigenvalue weighted by atomic mass is 127. The van der Waals surface area contributed by atoms with Crippen molar-refractivity contribution in [3.8, 4) is 11.5 Å². The van der Waals surface area contributed by atoms with Crippen LogP contribution in [0, 0.1) is 5.92 Å². The fraction of sp³-hybridized carbons (Fsp3) is 0.364. The van der Waals surface area contributed by atoms with Crippen LogP contribution in [-0.4, -0.2) is 39.3 Å². The Kier molecular flexibility index (Phi) is 7.07. The second kappa shape index (κ2) is 9.52. The molecule has 28 heavy (non-hydrogen) atoms. The lowest BCUT2D eigenvalue weighted by molar-refractivity contribution is 0.248. The number of allylic oxidation sites excluding steroid dienone is 1. The molecule has 0 saturated carbocycles. The van der Waals surface area contributed by atoms with E-state index in [1.54, 1.807) is 14.2 Å². The Morgan fingerprint density at radius 1 is 1.07 bits per heavy atom. The molecule has 0 spiro atoms. The number of benzene rings is 2. The monoisotopic (exact) mass is 493 g/mol. The molecule has 0 bridgehead atoms. The van der Waals surface area contributed by atoms with E-state index in [2.05, 4.69) is 50.0 Å². The van der Waals surface area contributed by atoms with Crippen molar-refractivity contribution < 1.29 is 9.47 Å². The van der Waals surface area contributed by atoms with Crippen LogP contribution in [0.15, 0.2) is 40.5 Å². The lowest BCUT2D eigenvalue weighted by Gasteiger charge is -2.31. The van der Waals surface area contributed by atoms with Gasteiger partial charge in [0.1, 0.15) is 0 Å². The quantitative estimate of drug-likeness (QED) is 0.431. The number of halogens is 1. The molecule has 0 aliphatic carbocycles. The van der Waals surface area contributed by atoms with Crippen molar-refractivity contribution in [2.24, 2.45) is 5.92 Å². The number of nitrogens with zero attached hydrogens (tertiary/aromatic N) is 1. The molecule has 1 saturated heterocycles. The minimum Gasteiger partial charge on any atom is -0.493 e. The largest absolute Gasteiger partial charge is 0.493 e. The van der Waals surface area contributed by atoms with Crippen molar-refractivity contribution in [1.82, 2.24) is 4.90 Å². The number of nitrogen functional groups attached to an aromatic ring is 1. The van der Waals surface area contributed by atoms with E-state index in [9.17, 15) is 0 Å². The van der Waals surface area contributed by atoms with Crippen molar-refractivity contribution in [1.29, 1.82) is 0 Å². The van der Waals surface area contributed by atoms with Crippen molar-refractivity contribution in [3.05, 3.63) is 46.0 Å². The molecule has 3 rings (SSSR count). The summed E-state index contributed by atoms with van der Waals surface area (Å²) in [6, 6.07) is 11.9. The highest BCUT2D eigenvalue weighted by Gasteiger charge is 2.22. The Labute approximate surface area is 181 Å². The number of piperidine rings is 1. The number of hydrogen-bond donors (Lipinski definition) is 2. The van der Waals surface area contributed by atoms with E-state index in [1.807, 2.05) is 30.3 Å². The van der Waals surface area contributed by atoms with Crippen LogP contribution in [0.3, 0.4) is 0 Å². The maximum absolute atomic E-state index is 6.36. The predicted molar refractivity (Wildman–Crippen MR) is 126 cm³/mol. The second-order valence-electron chi connectivity index (χ2n) is 7.14. The summed E-state index contributed by atoms with van der Waals surface area (Å²) in [5.41, 5.74) is 11.6. The lowest BCUT2D eigenvalue weighted by Crippen LogP contribution is -2.30. The molecule has 150 valence electrons. The van der Waals surface area contributed by atoms with Gasteiger partial charge in [0.25, 0.3) is 0 Å². The van der Waals surface area contributed by atoms with Gasteiger partial charge in [0.05, 0.1) is 14.2 Å². The summed E-state index contributed by atoms with van der Waals surface area (Å²) in [6.45, 7) is 2.25. The number of rotatable bonds is 6. The number of methoxy groups -OCH3 is 2. The van der Waals surface area contributed by atoms with E-state index in [4.69, 9.17) is 15.2 Å². The van der Waals surface area contributed by atoms with E-state index >= 15 is 0 Å². The Morgan fingerprint density at radius 3 is 2.36 bits per heavy atom. The van der Waals surface area contributed by atoms with Gasteiger partial charge < -0.3 is 25.4 Å². The Hall–Kier alpha value is -1.93. The smallest absolute Gasteiger partial charge is 0.162 e. The predicted octanol–water partition coefficient (Wildman–Crippen LogP) is 5.15. The average molecular weight is 493 g/mol. The summed E-state index contributed by atoms with van der Waals surface area (Å²) in [7, 11) is 5.46. The zero-order valence-corrected chi connectivity index (χ0v) is 18.8. The van der Waals surface area contributed by atoms with Gasteiger partial charge in [-0.25, -0.2) is 0 Å². The first-order valence-electron chi connectivity index (χ1n) is 9.43. The van der Waals surface area contributed by atoms with Gasteiger partial charge in [0.2, 0.25) is 0 Å². The first-order valence-corrected chi connectivity index (χ1v) is 10.7. The third kappa shape index (κ3) is 4.72. The number of nitrogens with one attached hydrogen (secondary N) is 1. The molecule has 1 fully saturated rings. The summed E-state index contributed by atoms with van der Waals surface area (Å²) in [4.78, 5) is 2.39. The number of hydrogen-bond acceptors (Lipinski definition) is 5. The Morgan fingerprint density at radius 2 is 1.71 bits per heavy atom. The maximum Gasteiger partial charge on any atom is 0.162 e. The first kappa shape index (κ1) is 20.8. The fourth-order valence-electron chi connectivity index (χ4n) is 3.65. The Balaban J connectivity index is 1.85. The van der Waals surface area contributed by atoms with Crippen LogP contribution in [0.4, 0.5) is 17.1 Å². The third-order valence-corrected chi connectivity index (χ3v) is 5.98. The molecule has 2 aromatic carbocycles. The molecule has 1 aliphatic rings. The molecule has 1 aliphatic heterocycles. The summed E-state index contributed by atoms with van der Waals surface area (Å²) < 4.78 is 12.9. The third-order valence-electron chi connectivity index (χ3n) is 5.31. The van der Waals surface area contributed by atoms with E-state index < -0.39 is 0 Å². The fourth-order valence-corrected chi connectivity index (χ4v) is 4.50. The van der Waals surface area contributed by atoms with Gasteiger partial charge in [-0.2, -0.15) is 0 Å². The number of likely N-dealkylation sites (tertiary alicyclic amines) is 1. The van der Waals surface area contributed by atoms with Gasteiger partial charge in [-0.1, -0.05) is 22.6 Å². The minimum absolute atomic E-state index is 0.548. The topological polar surface area (TPSA) is 59.8 Å². The normalized spacial score (nSPS) is 16.1. The SMILES string of the molecule is COc1ccc(Nc2ccc(N)c(/C(=C\I)C3CCN(C)CC3)c2)cc1OC. The zero-order chi connectivity index (χ0) is 20.1. The minimum atomic E-state index is 0.548. The zero-order valence-electron chi connectivity index (χ0n) is 16.7. The van der Waals surface area contributed by atoms with Crippen LogP contribution in [0.25, 0.3) is 5.57 Å². The molecule has 0 unspecified atom stereocenters. The van der Waals surface area contributed by atoms with Gasteiger partial charge in [-0.15, -0.1) is 0 Å². The first-order chi connectivity index (χ1) is 13.5. The summed E-state index contributed by atoms with van der Waals surface area (Å²) in [5, 5.41) is 3.46. The van der Waals surface area contributed by atoms with Gasteiger partial charge in [-0.05, 0) is 78.9 Å². The molecule has 0 aromatic heterocycles. The van der Waals surface area contributed by atoms with Gasteiger partial charge in [0.15, 0.2) is 11.5 Å². The molecule has 0 amide bonds. The van der Waals surface area contributed by atoms with Gasteiger partial charge in [0, 0.05) is 28.7 Å². The maximum atomic E-state index is 6.36. The van der Waals surface area contributed by atoms with Crippen LogP contribution in [-0.2, 0) is 0 Å². The summed E-state index contributed by atoms with van der Waals surface area (Å²) >= 11 is 2.35. The van der Waals surface area contributed by atoms with E-state index in [0.29, 0.717) is 17.4 Å². The average Bonchev–Trinajstić information content (AvgIpc) is 2.72. The molecule has 0 radical (unpaired) electrons. The van der Waals surface area contributed by atoms with Gasteiger partial charge in [-0.3, -0.25) is 0 Å². The lowest BCUT2D eigenvalue weighted by atomic mass is 9.85. The second-order valence-corrected chi connectivity index (χ2v) is 7.76. The van der Waals surface area contributed by atoms with Crippen molar-refractivity contribution in [3.63, 3.8) is 0 Å². The molecule has 6 heteroatoms. The molecule has 5 nitrogen and oxygen atoms in total. The molecular formula is C22H28IN3O2. The molecule has 2 aromatic rings. The van der Waals surface area contributed by atoms with Crippen LogP contribution in [0.2, 0.25) is 0 Å². The number of nitrogens with two attached hydrogens (primary N) is 1. The van der Waals surface area contributed by atoms with Crippen LogP contribution in [0.1, 0.15) is 18.4 Å². The number of anilines is 3. The van der Waals surface area contributed by atoms with E-state index in [0.717, 1.165) is 48.6 Å². The summed E-state index contributed by atoms with van der Waals surface area (Å²) in [5.74, 6) is 1.96. The van der Waals surface area contributed by atoms with E-state index in [1.165, 1.54) is 5.57 Å². The summed E-state index contributed by atoms with van der Waals surface area (Å²) in [6.07, 6.45) is 2.33. The van der Waals surface area contributed by atoms with Gasteiger partial charge >= 0.3 is 0 Å². The number of ether oxygens (including phenoxy) is 2. The molecule has 3 N–H and O–H groups in total. The van der Waals surface area contributed by atoms with Crippen molar-refractivity contribution in [2.45, 2.75) is 12.8 Å². The van der Waals surface area contributed by atoms with E-state index in [-0.39, 0.29) is 0 Å². The molecule has 1 heterocycles. The van der Waals surface area contributed by atoms with Crippen LogP contribution >= 0.6 is 22.6 Å². The molecule has 0 atom stereocenters. The van der Waals surface area contributed by atoms with Crippen molar-refractivity contribution in [2.75, 3.05) is 45.4 Å². The van der Waals surface area contributed by atoms with Crippen LogP contribution in [0.5, 0.6) is 11.5 Å². The van der Waals surface area contributed by atoms with Crippen LogP contribution < -0.4 is 20.5 Å². The standard InChI is InChI=1S/C22H28IN3O2/c1-26-10-8-15(9-11-26)19(14-23)18-12-16(4-6-20(18)24)25-17-5-7-21(27-2)22(13-17)28-3/h4-7,12-15,25H,8-11,24H2,1-3H3/b19-14-. The highest BCUT2D eigenvalue weighted by molar-refractivity contribution is 14.1. The highest BCUT2D eigenvalue weighted by Crippen LogP contribution is 2.37. The Bertz CT molecular complexity index is 846. The van der Waals surface area contributed by atoms with Crippen molar-refractivity contribution >= 4 is 45.2 Å².